The van der Waals surface area contributed by atoms with Crippen LogP contribution in [0.3, 0.4) is 0 Å². The summed E-state index contributed by atoms with van der Waals surface area (Å²) in [7, 11) is 0. The van der Waals surface area contributed by atoms with E-state index in [1.54, 1.807) is 6.07 Å². The van der Waals surface area contributed by atoms with Crippen LogP contribution in [0.15, 0.2) is 36.4 Å². The minimum Gasteiger partial charge on any atom is -0.508 e. The van der Waals surface area contributed by atoms with Crippen LogP contribution in [-0.4, -0.2) is 5.11 Å². The fourth-order valence-corrected chi connectivity index (χ4v) is 2.10. The summed E-state index contributed by atoms with van der Waals surface area (Å²) in [5.41, 5.74) is 4.46. The Balaban J connectivity index is 2.58. The molecule has 0 amide bonds. The molecule has 0 aromatic heterocycles. The van der Waals surface area contributed by atoms with Gasteiger partial charge in [0, 0.05) is 5.02 Å². The van der Waals surface area contributed by atoms with Crippen molar-refractivity contribution in [1.82, 2.24) is 0 Å². The molecule has 1 nitrogen and oxygen atoms in total. The van der Waals surface area contributed by atoms with Gasteiger partial charge in [-0.15, -0.1) is 0 Å². The largest absolute Gasteiger partial charge is 0.508 e. The van der Waals surface area contributed by atoms with Gasteiger partial charge < -0.3 is 5.11 Å². The zero-order chi connectivity index (χ0) is 11.7. The third kappa shape index (κ3) is 2.20. The molecule has 2 aromatic rings. The zero-order valence-corrected chi connectivity index (χ0v) is 10.0. The quantitative estimate of drug-likeness (QED) is 0.776. The van der Waals surface area contributed by atoms with E-state index in [1.165, 1.54) is 17.2 Å². The first-order valence-corrected chi connectivity index (χ1v) is 5.51. The van der Waals surface area contributed by atoms with E-state index in [0.29, 0.717) is 5.02 Å². The van der Waals surface area contributed by atoms with E-state index in [1.807, 2.05) is 6.07 Å². The van der Waals surface area contributed by atoms with Crippen LogP contribution in [0, 0.1) is 13.8 Å². The maximum atomic E-state index is 9.52. The molecule has 2 aromatic carbocycles. The summed E-state index contributed by atoms with van der Waals surface area (Å²) in [5, 5.41) is 10.1. The maximum absolute atomic E-state index is 9.52. The molecule has 0 fully saturated rings. The second-order valence-corrected chi connectivity index (χ2v) is 4.45. The number of halogens is 1. The number of rotatable bonds is 1. The van der Waals surface area contributed by atoms with Crippen molar-refractivity contribution in [3.63, 3.8) is 0 Å². The van der Waals surface area contributed by atoms with Crippen LogP contribution < -0.4 is 0 Å². The van der Waals surface area contributed by atoms with Crippen LogP contribution in [-0.2, 0) is 0 Å². The van der Waals surface area contributed by atoms with Gasteiger partial charge in [0.15, 0.2) is 0 Å². The van der Waals surface area contributed by atoms with Crippen molar-refractivity contribution in [3.05, 3.63) is 52.5 Å². The lowest BCUT2D eigenvalue weighted by Crippen LogP contribution is -1.84. The van der Waals surface area contributed by atoms with E-state index in [0.717, 1.165) is 11.1 Å². The average molecular weight is 233 g/mol. The Hall–Kier alpha value is -1.47. The van der Waals surface area contributed by atoms with Crippen molar-refractivity contribution in [1.29, 1.82) is 0 Å². The van der Waals surface area contributed by atoms with E-state index < -0.39 is 0 Å². The lowest BCUT2D eigenvalue weighted by atomic mass is 9.99. The predicted molar refractivity (Wildman–Crippen MR) is 68.0 cm³/mol. The lowest BCUT2D eigenvalue weighted by Gasteiger charge is -2.08. The van der Waals surface area contributed by atoms with Crippen molar-refractivity contribution in [2.24, 2.45) is 0 Å². The Kier molecular flexibility index (Phi) is 2.88. The second-order valence-electron chi connectivity index (χ2n) is 4.02. The molecular formula is C14H13ClO. The number of aryl methyl sites for hydroxylation is 2. The first kappa shape index (κ1) is 11.0. The molecule has 0 spiro atoms. The highest BCUT2D eigenvalue weighted by molar-refractivity contribution is 6.31. The van der Waals surface area contributed by atoms with Gasteiger partial charge in [0.1, 0.15) is 5.75 Å². The normalized spacial score (nSPS) is 10.4. The smallest absolute Gasteiger partial charge is 0.117 e. The van der Waals surface area contributed by atoms with Crippen LogP contribution in [0.25, 0.3) is 11.1 Å². The molecule has 16 heavy (non-hydrogen) atoms. The molecule has 0 aliphatic carbocycles. The summed E-state index contributed by atoms with van der Waals surface area (Å²) in [6.45, 7) is 4.12. The first-order chi connectivity index (χ1) is 7.56. The minimum absolute atomic E-state index is 0.197. The number of phenols is 1. The molecule has 0 bridgehead atoms. The van der Waals surface area contributed by atoms with E-state index >= 15 is 0 Å². The molecule has 0 saturated carbocycles. The molecule has 82 valence electrons. The molecule has 0 aliphatic rings. The Morgan fingerprint density at radius 1 is 1.00 bits per heavy atom. The number of phenolic OH excluding ortho intramolecular Hbond substituents is 1. The highest BCUT2D eigenvalue weighted by atomic mass is 35.5. The molecule has 0 aliphatic heterocycles. The first-order valence-electron chi connectivity index (χ1n) is 5.13. The van der Waals surface area contributed by atoms with Gasteiger partial charge >= 0.3 is 0 Å². The molecule has 0 heterocycles. The highest BCUT2D eigenvalue weighted by Gasteiger charge is 2.04. The van der Waals surface area contributed by atoms with Gasteiger partial charge in [0.25, 0.3) is 0 Å². The van der Waals surface area contributed by atoms with Gasteiger partial charge in [-0.2, -0.15) is 0 Å². The molecule has 0 radical (unpaired) electrons. The van der Waals surface area contributed by atoms with Crippen molar-refractivity contribution in [3.8, 4) is 16.9 Å². The number of benzene rings is 2. The SMILES string of the molecule is Cc1ccc(-c2cc(O)cc(Cl)c2)c(C)c1. The Morgan fingerprint density at radius 2 is 1.75 bits per heavy atom. The van der Waals surface area contributed by atoms with Crippen LogP contribution >= 0.6 is 11.6 Å². The van der Waals surface area contributed by atoms with Gasteiger partial charge in [-0.25, -0.2) is 0 Å². The summed E-state index contributed by atoms with van der Waals surface area (Å²) in [4.78, 5) is 0. The zero-order valence-electron chi connectivity index (χ0n) is 9.29. The van der Waals surface area contributed by atoms with E-state index in [9.17, 15) is 5.11 Å². The molecule has 2 rings (SSSR count). The topological polar surface area (TPSA) is 20.2 Å². The number of hydrogen-bond acceptors (Lipinski definition) is 1. The summed E-state index contributed by atoms with van der Waals surface area (Å²) in [6, 6.07) is 11.3. The highest BCUT2D eigenvalue weighted by Crippen LogP contribution is 2.30. The van der Waals surface area contributed by atoms with Crippen molar-refractivity contribution >= 4 is 11.6 Å². The van der Waals surface area contributed by atoms with E-state index in [2.05, 4.69) is 32.0 Å². The van der Waals surface area contributed by atoms with Crippen molar-refractivity contribution in [2.75, 3.05) is 0 Å². The molecule has 2 heteroatoms. The maximum Gasteiger partial charge on any atom is 0.117 e. The van der Waals surface area contributed by atoms with Gasteiger partial charge in [-0.1, -0.05) is 35.4 Å². The third-order valence-electron chi connectivity index (χ3n) is 2.58. The monoisotopic (exact) mass is 232 g/mol. The average Bonchev–Trinajstić information content (AvgIpc) is 2.15. The van der Waals surface area contributed by atoms with Crippen LogP contribution in [0.1, 0.15) is 11.1 Å². The Labute approximate surface area is 100 Å². The summed E-state index contributed by atoms with van der Waals surface area (Å²) >= 11 is 5.92. The summed E-state index contributed by atoms with van der Waals surface area (Å²) in [5.74, 6) is 0.197. The second kappa shape index (κ2) is 4.18. The molecule has 0 atom stereocenters. The molecular weight excluding hydrogens is 220 g/mol. The fourth-order valence-electron chi connectivity index (χ4n) is 1.87. The number of aromatic hydroxyl groups is 1. The van der Waals surface area contributed by atoms with Gasteiger partial charge in [-0.05, 0) is 48.7 Å². The van der Waals surface area contributed by atoms with Crippen LogP contribution in [0.2, 0.25) is 5.02 Å². The van der Waals surface area contributed by atoms with E-state index in [4.69, 9.17) is 11.6 Å². The van der Waals surface area contributed by atoms with Gasteiger partial charge in [0.2, 0.25) is 0 Å². The molecule has 1 N–H and O–H groups in total. The van der Waals surface area contributed by atoms with Crippen molar-refractivity contribution in [2.45, 2.75) is 13.8 Å². The lowest BCUT2D eigenvalue weighted by molar-refractivity contribution is 0.475. The van der Waals surface area contributed by atoms with Crippen LogP contribution in [0.5, 0.6) is 5.75 Å². The predicted octanol–water partition coefficient (Wildman–Crippen LogP) is 4.33. The Bertz CT molecular complexity index is 512. The fraction of sp³-hybridized carbons (Fsp3) is 0.143. The number of hydrogen-bond donors (Lipinski definition) is 1. The Morgan fingerprint density at radius 3 is 2.38 bits per heavy atom. The minimum atomic E-state index is 0.197. The standard InChI is InChI=1S/C14H13ClO/c1-9-3-4-14(10(2)5-9)11-6-12(15)8-13(16)7-11/h3-8,16H,1-2H3. The third-order valence-corrected chi connectivity index (χ3v) is 2.79. The summed E-state index contributed by atoms with van der Waals surface area (Å²) in [6.07, 6.45) is 0. The van der Waals surface area contributed by atoms with E-state index in [-0.39, 0.29) is 5.75 Å². The summed E-state index contributed by atoms with van der Waals surface area (Å²) < 4.78 is 0. The molecule has 0 saturated heterocycles. The molecule has 0 unspecified atom stereocenters. The van der Waals surface area contributed by atoms with Crippen LogP contribution in [0.4, 0.5) is 0 Å². The van der Waals surface area contributed by atoms with Gasteiger partial charge in [-0.3, -0.25) is 0 Å². The van der Waals surface area contributed by atoms with Crippen molar-refractivity contribution < 1.29 is 5.11 Å². The van der Waals surface area contributed by atoms with Gasteiger partial charge in [0.05, 0.1) is 0 Å².